The summed E-state index contributed by atoms with van der Waals surface area (Å²) in [5.74, 6) is -6.11. The number of nitrogens with one attached hydrogen (secondary N) is 2. The molecule has 514 valence electrons. The number of hydrogen-bond donors (Lipinski definition) is 14. The molecule has 0 aromatic heterocycles. The second-order valence-corrected chi connectivity index (χ2v) is 24.7. The highest BCUT2D eigenvalue weighted by atomic mass is 16.8. The van der Waals surface area contributed by atoms with E-state index in [4.69, 9.17) is 28.4 Å². The minimum absolute atomic E-state index is 0.219. The van der Waals surface area contributed by atoms with Gasteiger partial charge in [-0.1, -0.05) is 199 Å². The molecule has 0 saturated carbocycles. The molecule has 0 aliphatic carbocycles. The van der Waals surface area contributed by atoms with E-state index < -0.39 is 148 Å². The molecule has 0 radical (unpaired) electrons. The highest BCUT2D eigenvalue weighted by Gasteiger charge is 2.60. The van der Waals surface area contributed by atoms with Crippen molar-refractivity contribution in [2.45, 2.75) is 342 Å². The number of hydrogen-bond acceptors (Lipinski definition) is 20. The Labute approximate surface area is 523 Å². The summed E-state index contributed by atoms with van der Waals surface area (Å²) in [5.41, 5.74) is 0. The number of aliphatic hydroxyl groups is 11. The van der Waals surface area contributed by atoms with Gasteiger partial charge in [0.1, 0.15) is 67.1 Å². The van der Waals surface area contributed by atoms with E-state index >= 15 is 0 Å². The number of carboxylic acid groups (broad SMARTS) is 1. The van der Waals surface area contributed by atoms with E-state index in [2.05, 4.69) is 48.8 Å². The van der Waals surface area contributed by atoms with Crippen LogP contribution in [0.1, 0.15) is 233 Å². The second kappa shape index (κ2) is 46.3. The Hall–Kier alpha value is -2.79. The minimum Gasteiger partial charge on any atom is -0.477 e. The Balaban J connectivity index is 1.61. The van der Waals surface area contributed by atoms with Crippen molar-refractivity contribution in [3.05, 3.63) is 24.3 Å². The van der Waals surface area contributed by atoms with Gasteiger partial charge in [0.25, 0.3) is 5.79 Å². The number of aliphatic carboxylic acids is 1. The smallest absolute Gasteiger partial charge is 0.364 e. The van der Waals surface area contributed by atoms with Crippen molar-refractivity contribution in [2.24, 2.45) is 0 Å². The van der Waals surface area contributed by atoms with Gasteiger partial charge in [-0.05, 0) is 38.5 Å². The summed E-state index contributed by atoms with van der Waals surface area (Å²) in [4.78, 5) is 38.5. The molecule has 3 fully saturated rings. The maximum Gasteiger partial charge on any atom is 0.364 e. The van der Waals surface area contributed by atoms with E-state index in [1.54, 1.807) is 0 Å². The average Bonchev–Trinajstić information content (AvgIpc) is 0.810. The van der Waals surface area contributed by atoms with E-state index in [0.29, 0.717) is 19.3 Å². The van der Waals surface area contributed by atoms with E-state index in [1.165, 1.54) is 116 Å². The molecule has 88 heavy (non-hydrogen) atoms. The highest BCUT2D eigenvalue weighted by Crippen LogP contribution is 2.39. The molecule has 18 unspecified atom stereocenters. The van der Waals surface area contributed by atoms with Crippen molar-refractivity contribution >= 4 is 17.8 Å². The number of unbranched alkanes of at least 4 members (excludes halogenated alkanes) is 27. The largest absolute Gasteiger partial charge is 0.477 e. The monoisotopic (exact) mass is 1260 g/mol. The van der Waals surface area contributed by atoms with E-state index in [-0.39, 0.29) is 18.9 Å². The van der Waals surface area contributed by atoms with Crippen LogP contribution in [0, 0.1) is 0 Å². The standard InChI is InChI=1S/C65H118N2O21/c1-4-6-8-10-12-14-16-18-20-21-22-23-25-27-29-31-33-35-37-39-52(75)67-46(47(72)38-36-34-32-30-28-26-24-19-17-15-13-11-9-7-5-2)44-83-62-57(79)56(78)59(51(43-70)85-62)86-63-58(80)61(55(77)50(42-69)84-63)88-65(64(81)82)40-48(73)53(66-45(3)71)60(87-65)54(76)49(74)41-68/h12,14,16,18,46-51,53-63,68-70,72-74,76-80H,4-11,13,15,17,19-44H2,1-3H3,(H,66,71)(H,67,75)(H,81,82)/b14-12-,18-16-. The van der Waals surface area contributed by atoms with Gasteiger partial charge in [-0.25, -0.2) is 4.79 Å². The maximum absolute atomic E-state index is 13.5. The van der Waals surface area contributed by atoms with Crippen molar-refractivity contribution in [3.8, 4) is 0 Å². The molecule has 23 heteroatoms. The second-order valence-electron chi connectivity index (χ2n) is 24.7. The topological polar surface area (TPSA) is 373 Å². The van der Waals surface area contributed by atoms with E-state index in [1.807, 2.05) is 0 Å². The summed E-state index contributed by atoms with van der Waals surface area (Å²) in [6, 6.07) is -2.53. The molecule has 18 atom stereocenters. The van der Waals surface area contributed by atoms with Crippen LogP contribution in [0.5, 0.6) is 0 Å². The first-order chi connectivity index (χ1) is 42.4. The molecule has 14 N–H and O–H groups in total. The Morgan fingerprint density at radius 1 is 0.591 bits per heavy atom. The van der Waals surface area contributed by atoms with Gasteiger partial charge < -0.3 is 100 Å². The molecule has 3 rings (SSSR count). The molecule has 0 aromatic carbocycles. The summed E-state index contributed by atoms with van der Waals surface area (Å²) < 4.78 is 34.8. The fraction of sp³-hybridized carbons (Fsp3) is 0.892. The fourth-order valence-corrected chi connectivity index (χ4v) is 11.8. The number of rotatable bonds is 50. The molecular formula is C65H118N2O21. The number of amides is 2. The van der Waals surface area contributed by atoms with Crippen molar-refractivity contribution in [1.29, 1.82) is 0 Å². The van der Waals surface area contributed by atoms with Crippen molar-refractivity contribution < 1.29 is 104 Å². The van der Waals surface area contributed by atoms with Crippen LogP contribution in [0.15, 0.2) is 24.3 Å². The number of carboxylic acids is 1. The average molecular weight is 1260 g/mol. The Morgan fingerprint density at radius 2 is 1.08 bits per heavy atom. The number of carbonyl (C=O) groups is 3. The van der Waals surface area contributed by atoms with Gasteiger partial charge in [0.05, 0.1) is 50.7 Å². The van der Waals surface area contributed by atoms with Crippen LogP contribution in [0.25, 0.3) is 0 Å². The van der Waals surface area contributed by atoms with Gasteiger partial charge in [-0.15, -0.1) is 0 Å². The molecule has 23 nitrogen and oxygen atoms in total. The fourth-order valence-electron chi connectivity index (χ4n) is 11.8. The normalized spacial score (nSPS) is 29.1. The number of allylic oxidation sites excluding steroid dienone is 4. The number of aliphatic hydroxyl groups excluding tert-OH is 11. The lowest BCUT2D eigenvalue weighted by atomic mass is 9.88. The molecular weight excluding hydrogens is 1140 g/mol. The van der Waals surface area contributed by atoms with Crippen LogP contribution in [0.2, 0.25) is 0 Å². The number of carbonyl (C=O) groups excluding carboxylic acids is 2. The SMILES string of the molecule is CCCCC/C=C\C=C/CCCCCCCCCCCCC(=O)NC(COC1OC(CO)C(OC2OC(CO)C(O)C(OC3(C(=O)O)CC(O)C(NC(C)=O)C(C(O)C(O)CO)O3)C2O)C(O)C1O)C(O)CCCCCCCCCCCCCCCCC. The lowest BCUT2D eigenvalue weighted by Gasteiger charge is -2.50. The van der Waals surface area contributed by atoms with E-state index in [9.17, 15) is 75.7 Å². The van der Waals surface area contributed by atoms with Crippen LogP contribution in [0.4, 0.5) is 0 Å². The van der Waals surface area contributed by atoms with Crippen LogP contribution in [-0.4, -0.2) is 215 Å². The predicted molar refractivity (Wildman–Crippen MR) is 329 cm³/mol. The van der Waals surface area contributed by atoms with Crippen LogP contribution in [-0.2, 0) is 42.8 Å². The van der Waals surface area contributed by atoms with Crippen LogP contribution in [0.3, 0.4) is 0 Å². The van der Waals surface area contributed by atoms with Crippen molar-refractivity contribution in [3.63, 3.8) is 0 Å². The lowest BCUT2D eigenvalue weighted by Crippen LogP contribution is -2.70. The molecule has 3 saturated heterocycles. The summed E-state index contributed by atoms with van der Waals surface area (Å²) >= 11 is 0. The van der Waals surface area contributed by atoms with E-state index in [0.717, 1.165) is 71.1 Å². The third-order valence-electron chi connectivity index (χ3n) is 17.2. The van der Waals surface area contributed by atoms with Gasteiger partial charge in [0, 0.05) is 19.8 Å². The highest BCUT2D eigenvalue weighted by molar-refractivity contribution is 5.77. The van der Waals surface area contributed by atoms with Crippen LogP contribution < -0.4 is 10.6 Å². The van der Waals surface area contributed by atoms with Gasteiger partial charge >= 0.3 is 5.97 Å². The van der Waals surface area contributed by atoms with Gasteiger partial charge in [0.2, 0.25) is 11.8 Å². The zero-order valence-corrected chi connectivity index (χ0v) is 53.3. The molecule has 3 aliphatic rings. The quantitative estimate of drug-likeness (QED) is 0.0272. The first-order valence-corrected chi connectivity index (χ1v) is 33.7. The third kappa shape index (κ3) is 29.0. The lowest BCUT2D eigenvalue weighted by molar-refractivity contribution is -0.386. The Bertz CT molecular complexity index is 1890. The summed E-state index contributed by atoms with van der Waals surface area (Å²) in [7, 11) is 0. The van der Waals surface area contributed by atoms with Gasteiger partial charge in [-0.3, -0.25) is 9.59 Å². The molecule has 0 bridgehead atoms. The molecule has 3 aliphatic heterocycles. The molecule has 2 amide bonds. The zero-order chi connectivity index (χ0) is 64.7. The van der Waals surface area contributed by atoms with Crippen LogP contribution >= 0.6 is 0 Å². The minimum atomic E-state index is -3.08. The summed E-state index contributed by atoms with van der Waals surface area (Å²) in [6.45, 7) is 2.16. The zero-order valence-electron chi connectivity index (χ0n) is 53.3. The molecule has 3 heterocycles. The third-order valence-corrected chi connectivity index (χ3v) is 17.2. The summed E-state index contributed by atoms with van der Waals surface area (Å²) in [6.07, 6.45) is 14.6. The maximum atomic E-state index is 13.5. The Morgan fingerprint density at radius 3 is 1.59 bits per heavy atom. The van der Waals surface area contributed by atoms with Crippen molar-refractivity contribution in [1.82, 2.24) is 10.6 Å². The van der Waals surface area contributed by atoms with Gasteiger partial charge in [-0.2, -0.15) is 0 Å². The first kappa shape index (κ1) is 79.4. The van der Waals surface area contributed by atoms with Crippen molar-refractivity contribution in [2.75, 3.05) is 26.4 Å². The Kier molecular flexibility index (Phi) is 41.8. The summed E-state index contributed by atoms with van der Waals surface area (Å²) in [5, 5.41) is 136. The molecule has 0 aromatic rings. The van der Waals surface area contributed by atoms with Gasteiger partial charge in [0.15, 0.2) is 12.6 Å². The number of ether oxygens (including phenoxy) is 6. The predicted octanol–water partition coefficient (Wildman–Crippen LogP) is 5.28. The molecule has 0 spiro atoms. The first-order valence-electron chi connectivity index (χ1n) is 33.7.